The second-order valence-electron chi connectivity index (χ2n) is 6.08. The number of carbonyl (C=O) groups excluding carboxylic acids is 1. The van der Waals surface area contributed by atoms with Gasteiger partial charge in [0.25, 0.3) is 0 Å². The van der Waals surface area contributed by atoms with Crippen molar-refractivity contribution in [3.8, 4) is 0 Å². The standard InChI is InChI=1S/C20H32O2/c1-17(2)8-5-9-18(3)10-6-12-20(16-22)13-7-11-19(4)14-15-21/h8,10,13-14,16,21H,5-7,9,11-12,15H2,1-4H3. The van der Waals surface area contributed by atoms with Crippen LogP contribution in [-0.2, 0) is 4.79 Å². The molecule has 0 aromatic rings. The van der Waals surface area contributed by atoms with E-state index >= 15 is 0 Å². The van der Waals surface area contributed by atoms with E-state index in [1.807, 2.05) is 19.1 Å². The van der Waals surface area contributed by atoms with Crippen LogP contribution in [0, 0.1) is 0 Å². The lowest BCUT2D eigenvalue weighted by Crippen LogP contribution is -1.87. The number of carbonyl (C=O) groups is 1. The predicted octanol–water partition coefficient (Wildman–Crippen LogP) is 5.30. The molecule has 124 valence electrons. The van der Waals surface area contributed by atoms with Gasteiger partial charge in [0.1, 0.15) is 6.29 Å². The third-order valence-electron chi connectivity index (χ3n) is 3.55. The van der Waals surface area contributed by atoms with E-state index in [2.05, 4.69) is 32.9 Å². The van der Waals surface area contributed by atoms with E-state index in [0.29, 0.717) is 0 Å². The highest BCUT2D eigenvalue weighted by atomic mass is 16.2. The Morgan fingerprint density at radius 1 is 0.773 bits per heavy atom. The number of aliphatic hydroxyl groups excluding tert-OH is 1. The lowest BCUT2D eigenvalue weighted by atomic mass is 10.0. The summed E-state index contributed by atoms with van der Waals surface area (Å²) in [6.07, 6.45) is 15.0. The van der Waals surface area contributed by atoms with Crippen LogP contribution in [0.25, 0.3) is 0 Å². The SMILES string of the molecule is CC(C)=CCCC(C)=CCCC(C=O)=CCCC(C)=CCO. The molecule has 0 aliphatic carbocycles. The summed E-state index contributed by atoms with van der Waals surface area (Å²) in [7, 11) is 0. The Morgan fingerprint density at radius 3 is 1.86 bits per heavy atom. The van der Waals surface area contributed by atoms with Crippen molar-refractivity contribution in [3.05, 3.63) is 46.6 Å². The summed E-state index contributed by atoms with van der Waals surface area (Å²) in [4.78, 5) is 11.1. The molecule has 0 bridgehead atoms. The zero-order chi connectivity index (χ0) is 16.8. The number of allylic oxidation sites excluding steroid dienone is 7. The Kier molecular flexibility index (Phi) is 12.4. The lowest BCUT2D eigenvalue weighted by Gasteiger charge is -2.01. The van der Waals surface area contributed by atoms with Crippen LogP contribution in [0.5, 0.6) is 0 Å². The highest BCUT2D eigenvalue weighted by Gasteiger charge is 1.96. The maximum atomic E-state index is 11.1. The van der Waals surface area contributed by atoms with Gasteiger partial charge in [-0.25, -0.2) is 0 Å². The Hall–Kier alpha value is -1.41. The third kappa shape index (κ3) is 12.3. The highest BCUT2D eigenvalue weighted by molar-refractivity contribution is 5.73. The average molecular weight is 304 g/mol. The molecule has 2 nitrogen and oxygen atoms in total. The van der Waals surface area contributed by atoms with Gasteiger partial charge in [0.05, 0.1) is 6.61 Å². The first kappa shape index (κ1) is 20.6. The fourth-order valence-electron chi connectivity index (χ4n) is 2.13. The molecule has 2 heteroatoms. The number of aldehydes is 1. The van der Waals surface area contributed by atoms with Crippen molar-refractivity contribution >= 4 is 6.29 Å². The van der Waals surface area contributed by atoms with E-state index in [9.17, 15) is 4.79 Å². The summed E-state index contributed by atoms with van der Waals surface area (Å²) in [6.45, 7) is 8.50. The van der Waals surface area contributed by atoms with Gasteiger partial charge in [-0.2, -0.15) is 0 Å². The van der Waals surface area contributed by atoms with Crippen LogP contribution in [0.4, 0.5) is 0 Å². The van der Waals surface area contributed by atoms with Gasteiger partial charge in [-0.1, -0.05) is 41.0 Å². The van der Waals surface area contributed by atoms with Crippen molar-refractivity contribution in [1.82, 2.24) is 0 Å². The molecule has 1 N–H and O–H groups in total. The monoisotopic (exact) mass is 304 g/mol. The Bertz CT molecular complexity index is 433. The fourth-order valence-corrected chi connectivity index (χ4v) is 2.13. The molecule has 0 heterocycles. The number of hydrogen-bond acceptors (Lipinski definition) is 2. The number of aliphatic hydroxyl groups is 1. The molecule has 0 amide bonds. The minimum absolute atomic E-state index is 0.0902. The van der Waals surface area contributed by atoms with Crippen LogP contribution in [0.3, 0.4) is 0 Å². The molecule has 0 aromatic carbocycles. The Balaban J connectivity index is 4.15. The molecule has 0 aromatic heterocycles. The zero-order valence-corrected chi connectivity index (χ0v) is 14.7. The van der Waals surface area contributed by atoms with Crippen molar-refractivity contribution < 1.29 is 9.90 Å². The summed E-state index contributed by atoms with van der Waals surface area (Å²) >= 11 is 0. The van der Waals surface area contributed by atoms with Gasteiger partial charge >= 0.3 is 0 Å². The van der Waals surface area contributed by atoms with Crippen LogP contribution in [0.15, 0.2) is 46.6 Å². The maximum absolute atomic E-state index is 11.1. The molecule has 0 spiro atoms. The van der Waals surface area contributed by atoms with Gasteiger partial charge in [-0.05, 0) is 71.8 Å². The summed E-state index contributed by atoms with van der Waals surface area (Å²) in [5.74, 6) is 0. The molecule has 0 unspecified atom stereocenters. The van der Waals surface area contributed by atoms with Crippen molar-refractivity contribution in [2.24, 2.45) is 0 Å². The van der Waals surface area contributed by atoms with E-state index in [4.69, 9.17) is 5.11 Å². The molecule has 0 atom stereocenters. The van der Waals surface area contributed by atoms with Crippen LogP contribution in [-0.4, -0.2) is 18.0 Å². The van der Waals surface area contributed by atoms with Crippen molar-refractivity contribution in [3.63, 3.8) is 0 Å². The third-order valence-corrected chi connectivity index (χ3v) is 3.55. The van der Waals surface area contributed by atoms with Crippen LogP contribution < -0.4 is 0 Å². The van der Waals surface area contributed by atoms with Gasteiger partial charge in [0, 0.05) is 0 Å². The van der Waals surface area contributed by atoms with Gasteiger partial charge in [-0.3, -0.25) is 4.79 Å². The molecule has 22 heavy (non-hydrogen) atoms. The smallest absolute Gasteiger partial charge is 0.145 e. The molecule has 0 aliphatic heterocycles. The minimum atomic E-state index is 0.0902. The van der Waals surface area contributed by atoms with Crippen molar-refractivity contribution in [1.29, 1.82) is 0 Å². The molecule has 0 rings (SSSR count). The van der Waals surface area contributed by atoms with E-state index < -0.39 is 0 Å². The Labute approximate surface area is 136 Å². The van der Waals surface area contributed by atoms with E-state index in [1.165, 1.54) is 16.7 Å². The van der Waals surface area contributed by atoms with E-state index in [1.54, 1.807) is 0 Å². The first-order valence-electron chi connectivity index (χ1n) is 8.19. The average Bonchev–Trinajstić information content (AvgIpc) is 2.45. The number of hydrogen-bond donors (Lipinski definition) is 1. The minimum Gasteiger partial charge on any atom is -0.392 e. The number of rotatable bonds is 11. The normalized spacial score (nSPS) is 13.2. The molecule has 0 fully saturated rings. The van der Waals surface area contributed by atoms with Crippen molar-refractivity contribution in [2.75, 3.05) is 6.61 Å². The van der Waals surface area contributed by atoms with Crippen LogP contribution >= 0.6 is 0 Å². The first-order valence-corrected chi connectivity index (χ1v) is 8.19. The fraction of sp³-hybridized carbons (Fsp3) is 0.550. The largest absolute Gasteiger partial charge is 0.392 e. The molecule has 0 saturated heterocycles. The van der Waals surface area contributed by atoms with Crippen molar-refractivity contribution in [2.45, 2.75) is 66.2 Å². The first-order chi connectivity index (χ1) is 10.5. The van der Waals surface area contributed by atoms with Gasteiger partial charge in [0.2, 0.25) is 0 Å². The molecular weight excluding hydrogens is 272 g/mol. The second kappa shape index (κ2) is 13.3. The van der Waals surface area contributed by atoms with Gasteiger partial charge in [0.15, 0.2) is 0 Å². The lowest BCUT2D eigenvalue weighted by molar-refractivity contribution is -0.105. The highest BCUT2D eigenvalue weighted by Crippen LogP contribution is 2.12. The van der Waals surface area contributed by atoms with Crippen LogP contribution in [0.1, 0.15) is 66.2 Å². The molecule has 0 radical (unpaired) electrons. The zero-order valence-electron chi connectivity index (χ0n) is 14.7. The van der Waals surface area contributed by atoms with Gasteiger partial charge < -0.3 is 5.11 Å². The molecule has 0 saturated carbocycles. The summed E-state index contributed by atoms with van der Waals surface area (Å²) < 4.78 is 0. The Morgan fingerprint density at radius 2 is 1.32 bits per heavy atom. The molecular formula is C20H32O2. The van der Waals surface area contributed by atoms with Gasteiger partial charge in [-0.15, -0.1) is 0 Å². The maximum Gasteiger partial charge on any atom is 0.145 e. The second-order valence-corrected chi connectivity index (χ2v) is 6.08. The summed E-state index contributed by atoms with van der Waals surface area (Å²) in [5.41, 5.74) is 4.80. The van der Waals surface area contributed by atoms with E-state index in [0.717, 1.165) is 50.4 Å². The summed E-state index contributed by atoms with van der Waals surface area (Å²) in [6, 6.07) is 0. The van der Waals surface area contributed by atoms with E-state index in [-0.39, 0.29) is 6.61 Å². The van der Waals surface area contributed by atoms with Crippen LogP contribution in [0.2, 0.25) is 0 Å². The topological polar surface area (TPSA) is 37.3 Å². The quantitative estimate of drug-likeness (QED) is 0.319. The summed E-state index contributed by atoms with van der Waals surface area (Å²) in [5, 5.41) is 8.79. The molecule has 0 aliphatic rings. The predicted molar refractivity (Wildman–Crippen MR) is 95.9 cm³/mol.